The van der Waals surface area contributed by atoms with Crippen molar-refractivity contribution in [3.63, 3.8) is 0 Å². The number of hydrogen-bond acceptors (Lipinski definition) is 7. The maximum atomic E-state index is 12.2. The molecule has 0 aliphatic carbocycles. The molecular formula is C62H40B2Cl2N6S4. The van der Waals surface area contributed by atoms with E-state index < -0.39 is 13.7 Å². The lowest BCUT2D eigenvalue weighted by Gasteiger charge is -2.24. The van der Waals surface area contributed by atoms with Crippen LogP contribution < -0.4 is 32.5 Å². The van der Waals surface area contributed by atoms with Crippen LogP contribution in [-0.2, 0) is 0 Å². The van der Waals surface area contributed by atoms with Crippen LogP contribution in [0.2, 0.25) is 10.0 Å². The van der Waals surface area contributed by atoms with Gasteiger partial charge >= 0.3 is 13.7 Å². The van der Waals surface area contributed by atoms with Crippen molar-refractivity contribution < 1.29 is 0 Å². The number of rotatable bonds is 12. The topological polar surface area (TPSA) is 63.8 Å². The highest BCUT2D eigenvalue weighted by molar-refractivity contribution is 7.98. The zero-order valence-corrected chi connectivity index (χ0v) is 45.6. The van der Waals surface area contributed by atoms with Crippen LogP contribution in [0, 0.1) is 17.9 Å². The Morgan fingerprint density at radius 1 is 0.526 bits per heavy atom. The first-order valence-corrected chi connectivity index (χ1v) is 29.1. The first-order chi connectivity index (χ1) is 37.3. The summed E-state index contributed by atoms with van der Waals surface area (Å²) in [7, 11) is 0. The average Bonchev–Trinajstić information content (AvgIpc) is 4.43. The minimum absolute atomic E-state index is 0.362. The largest absolute Gasteiger partial charge is 0.384 e. The number of benzene rings is 8. The van der Waals surface area contributed by atoms with E-state index in [1.807, 2.05) is 60.7 Å². The minimum atomic E-state index is -0.500. The molecule has 362 valence electrons. The lowest BCUT2D eigenvalue weighted by Crippen LogP contribution is -2.54. The van der Waals surface area contributed by atoms with E-state index in [0.29, 0.717) is 53.1 Å². The number of thiazole rings is 2. The Balaban J connectivity index is 1.45. The van der Waals surface area contributed by atoms with Gasteiger partial charge in [0.1, 0.15) is 21.7 Å². The molecule has 0 fully saturated rings. The lowest BCUT2D eigenvalue weighted by molar-refractivity contribution is 1.13. The number of aromatic nitrogens is 4. The fourth-order valence-corrected chi connectivity index (χ4v) is 13.4. The molecule has 0 N–H and O–H groups in total. The molecule has 12 rings (SSSR count). The Morgan fingerprint density at radius 3 is 1.30 bits per heavy atom. The third-order valence-corrected chi connectivity index (χ3v) is 17.7. The smallest absolute Gasteiger partial charge is 0.328 e. The molecule has 0 unspecified atom stereocenters. The predicted molar refractivity (Wildman–Crippen MR) is 327 cm³/mol. The van der Waals surface area contributed by atoms with Crippen molar-refractivity contribution in [2.45, 2.75) is 9.79 Å². The quantitative estimate of drug-likeness (QED) is 0.0693. The molecule has 0 saturated carbocycles. The molecule has 0 saturated heterocycles. The molecule has 0 spiro atoms. The summed E-state index contributed by atoms with van der Waals surface area (Å²) in [6.07, 6.45) is 4.16. The van der Waals surface area contributed by atoms with Crippen LogP contribution in [0.1, 0.15) is 10.0 Å². The molecule has 12 aromatic rings. The molecule has 8 aromatic carbocycles. The van der Waals surface area contributed by atoms with Crippen molar-refractivity contribution in [1.29, 1.82) is 5.26 Å². The van der Waals surface area contributed by atoms with Crippen molar-refractivity contribution >= 4 is 147 Å². The van der Waals surface area contributed by atoms with Gasteiger partial charge in [-0.3, -0.25) is 0 Å². The van der Waals surface area contributed by atoms with Gasteiger partial charge in [-0.1, -0.05) is 191 Å². The van der Waals surface area contributed by atoms with Crippen LogP contribution in [0.25, 0.3) is 69.8 Å². The summed E-state index contributed by atoms with van der Waals surface area (Å²) in [4.78, 5) is 17.4. The van der Waals surface area contributed by atoms with Gasteiger partial charge in [-0.05, 0) is 84.3 Å². The van der Waals surface area contributed by atoms with Crippen molar-refractivity contribution in [3.8, 4) is 28.6 Å². The van der Waals surface area contributed by atoms with E-state index >= 15 is 0 Å². The van der Waals surface area contributed by atoms with E-state index in [1.165, 1.54) is 22.7 Å². The van der Waals surface area contributed by atoms with Crippen molar-refractivity contribution in [1.82, 2.24) is 18.9 Å². The monoisotopic (exact) mass is 1090 g/mol. The van der Waals surface area contributed by atoms with Crippen LogP contribution in [0.15, 0.2) is 216 Å². The van der Waals surface area contributed by atoms with Gasteiger partial charge in [0, 0.05) is 47.3 Å². The number of hydrogen-bond donors (Lipinski definition) is 0. The lowest BCUT2D eigenvalue weighted by atomic mass is 9.50. The zero-order chi connectivity index (χ0) is 51.9. The molecule has 6 nitrogen and oxygen atoms in total. The van der Waals surface area contributed by atoms with E-state index in [4.69, 9.17) is 33.2 Å². The fourth-order valence-electron chi connectivity index (χ4n) is 10.4. The normalized spacial score (nSPS) is 12.2. The Hall–Kier alpha value is -7.51. The van der Waals surface area contributed by atoms with Crippen LogP contribution in [-0.4, -0.2) is 45.1 Å². The van der Waals surface area contributed by atoms with Crippen LogP contribution in [0.5, 0.6) is 0 Å². The van der Waals surface area contributed by atoms with Gasteiger partial charge in [-0.25, -0.2) is 14.8 Å². The van der Waals surface area contributed by atoms with Gasteiger partial charge in [0.2, 0.25) is 5.70 Å². The maximum absolute atomic E-state index is 12.2. The average molecular weight is 1090 g/mol. The van der Waals surface area contributed by atoms with E-state index in [1.54, 1.807) is 23.5 Å². The number of nitriles is 1. The molecule has 0 aliphatic heterocycles. The van der Waals surface area contributed by atoms with Crippen molar-refractivity contribution in [3.05, 3.63) is 248 Å². The number of fused-ring (bicyclic) bond motifs is 3. The summed E-state index contributed by atoms with van der Waals surface area (Å²) in [5, 5.41) is 17.4. The molecule has 14 heteroatoms. The molecule has 0 radical (unpaired) electrons. The van der Waals surface area contributed by atoms with Gasteiger partial charge in [0.25, 0.3) is 0 Å². The summed E-state index contributed by atoms with van der Waals surface area (Å²) in [6.45, 7) is 8.55. The molecule has 0 aliphatic rings. The zero-order valence-electron chi connectivity index (χ0n) is 40.9. The molecule has 0 amide bonds. The predicted octanol–water partition coefficient (Wildman–Crippen LogP) is 12.9. The second-order valence-electron chi connectivity index (χ2n) is 18.0. The number of nitrogens with zero attached hydrogens (tertiary/aromatic N) is 6. The molecule has 0 bridgehead atoms. The van der Waals surface area contributed by atoms with Gasteiger partial charge in [-0.15, -0.1) is 46.2 Å². The van der Waals surface area contributed by atoms with Crippen LogP contribution in [0.3, 0.4) is 0 Å². The second kappa shape index (κ2) is 21.3. The molecule has 4 aromatic heterocycles. The summed E-state index contributed by atoms with van der Waals surface area (Å²) < 4.78 is 6.54. The van der Waals surface area contributed by atoms with Gasteiger partial charge in [0.05, 0.1) is 32.4 Å². The molecule has 0 atom stereocenters. The molecular weight excluding hydrogens is 1050 g/mol. The SMILES string of the molecule is [C-]#[N+]/C(c1nc2cc(Cl)ccc2s1)=c1\c2c(-c3ccc(SC)cc3)n(B(c3ccccc3)c3ccccc3)/c(=C(/C#N)c3nc4cc(Cl)ccc4s3)c2c(-c2ccc(SC)cc2)n1B(c1ccccc1)c1ccccc1. The summed E-state index contributed by atoms with van der Waals surface area (Å²) >= 11 is 19.6. The van der Waals surface area contributed by atoms with Gasteiger partial charge < -0.3 is 8.96 Å². The summed E-state index contributed by atoms with van der Waals surface area (Å²) in [5.74, 6) is 0. The highest BCUT2D eigenvalue weighted by atomic mass is 35.5. The van der Waals surface area contributed by atoms with Crippen LogP contribution >= 0.6 is 69.4 Å². The minimum Gasteiger partial charge on any atom is -0.384 e. The van der Waals surface area contributed by atoms with Gasteiger partial charge in [-0.2, -0.15) is 5.26 Å². The highest BCUT2D eigenvalue weighted by Crippen LogP contribution is 2.39. The highest BCUT2D eigenvalue weighted by Gasteiger charge is 2.37. The Morgan fingerprint density at radius 2 is 0.908 bits per heavy atom. The van der Waals surface area contributed by atoms with E-state index in [0.717, 1.165) is 74.3 Å². The van der Waals surface area contributed by atoms with Crippen molar-refractivity contribution in [2.75, 3.05) is 12.5 Å². The number of thioether (sulfide) groups is 2. The number of halogens is 2. The summed E-state index contributed by atoms with van der Waals surface area (Å²) in [6, 6.07) is 73.5. The fraction of sp³-hybridized carbons (Fsp3) is 0.0323. The van der Waals surface area contributed by atoms with E-state index in [9.17, 15) is 11.8 Å². The Labute approximate surface area is 467 Å². The third kappa shape index (κ3) is 8.95. The van der Waals surface area contributed by atoms with Crippen molar-refractivity contribution in [2.24, 2.45) is 0 Å². The third-order valence-electron chi connectivity index (χ3n) is 13.7. The Bertz CT molecular complexity index is 4000. The standard InChI is InChI=1S/C62H40B2Cl2N6S4/c1-68-56(62-70-51-37-46(66)29-35-53(51)76-62)60-55-54(57(39-24-30-47(73-2)31-25-39)72(60)64(43-20-12-6-13-21-43)44-22-14-7-15-23-44)59(49(38-67)61-69-50-36-45(65)28-34-52(50)75-61)71(58(55)40-26-32-48(74-3)33-27-40)63(41-16-8-4-9-17-41)42-18-10-5-11-19-42/h4-37H,2-3H3/b59-49-,60-56+. The maximum Gasteiger partial charge on any atom is 0.328 e. The first kappa shape index (κ1) is 49.4. The summed E-state index contributed by atoms with van der Waals surface area (Å²) in [5.41, 5.74) is 9.63. The van der Waals surface area contributed by atoms with E-state index in [-0.39, 0.29) is 0 Å². The van der Waals surface area contributed by atoms with E-state index in [2.05, 4.69) is 178 Å². The molecule has 76 heavy (non-hydrogen) atoms. The molecule has 4 heterocycles. The second-order valence-corrected chi connectivity index (χ2v) is 22.7. The van der Waals surface area contributed by atoms with Crippen LogP contribution in [0.4, 0.5) is 0 Å². The Kier molecular flexibility index (Phi) is 13.8. The van der Waals surface area contributed by atoms with Gasteiger partial charge in [0.15, 0.2) is 0 Å². The first-order valence-electron chi connectivity index (χ1n) is 24.3.